The molecule has 1 atom stereocenters. The third kappa shape index (κ3) is 4.80. The Bertz CT molecular complexity index is 735. The molecule has 5 nitrogen and oxygen atoms in total. The third-order valence-electron chi connectivity index (χ3n) is 5.18. The highest BCUT2D eigenvalue weighted by molar-refractivity contribution is 5.94. The summed E-state index contributed by atoms with van der Waals surface area (Å²) < 4.78 is 5.27. The summed E-state index contributed by atoms with van der Waals surface area (Å²) in [4.78, 5) is 17.1. The fourth-order valence-electron chi connectivity index (χ4n) is 3.54. The van der Waals surface area contributed by atoms with Crippen molar-refractivity contribution in [2.75, 3.05) is 45.7 Å². The number of rotatable bonds is 7. The molecule has 0 unspecified atom stereocenters. The molecule has 1 fully saturated rings. The SMILES string of the molecule is COc1ccc([C@H](CNC(=O)c2ccc(N(C)C)cc2)N2CCCC2)cc1. The Kier molecular flexibility index (Phi) is 6.35. The van der Waals surface area contributed by atoms with Crippen molar-refractivity contribution in [2.24, 2.45) is 0 Å². The van der Waals surface area contributed by atoms with Gasteiger partial charge in [-0.2, -0.15) is 0 Å². The molecule has 1 heterocycles. The molecular formula is C22H29N3O2. The molecule has 144 valence electrons. The first-order chi connectivity index (χ1) is 13.1. The summed E-state index contributed by atoms with van der Waals surface area (Å²) in [6, 6.07) is 16.0. The maximum absolute atomic E-state index is 12.6. The predicted octanol–water partition coefficient (Wildman–Crippen LogP) is 3.33. The van der Waals surface area contributed by atoms with Crippen LogP contribution in [0.4, 0.5) is 5.69 Å². The minimum absolute atomic E-state index is 0.0296. The minimum atomic E-state index is -0.0296. The van der Waals surface area contributed by atoms with Crippen molar-refractivity contribution >= 4 is 11.6 Å². The van der Waals surface area contributed by atoms with Crippen molar-refractivity contribution < 1.29 is 9.53 Å². The van der Waals surface area contributed by atoms with E-state index >= 15 is 0 Å². The summed E-state index contributed by atoms with van der Waals surface area (Å²) in [5.74, 6) is 0.821. The molecule has 0 saturated carbocycles. The lowest BCUT2D eigenvalue weighted by atomic mass is 10.0. The Morgan fingerprint density at radius 2 is 1.70 bits per heavy atom. The Labute approximate surface area is 161 Å². The molecule has 2 aromatic carbocycles. The molecule has 1 aliphatic rings. The maximum Gasteiger partial charge on any atom is 0.251 e. The molecule has 3 rings (SSSR count). The van der Waals surface area contributed by atoms with E-state index in [0.29, 0.717) is 12.1 Å². The zero-order valence-electron chi connectivity index (χ0n) is 16.4. The Hall–Kier alpha value is -2.53. The van der Waals surface area contributed by atoms with E-state index in [2.05, 4.69) is 22.3 Å². The zero-order valence-corrected chi connectivity index (χ0v) is 16.4. The molecule has 0 aromatic heterocycles. The van der Waals surface area contributed by atoms with Gasteiger partial charge in [-0.1, -0.05) is 12.1 Å². The van der Waals surface area contributed by atoms with Gasteiger partial charge in [0.25, 0.3) is 5.91 Å². The van der Waals surface area contributed by atoms with Crippen molar-refractivity contribution in [1.29, 1.82) is 0 Å². The predicted molar refractivity (Wildman–Crippen MR) is 110 cm³/mol. The molecule has 1 N–H and O–H groups in total. The molecule has 2 aromatic rings. The van der Waals surface area contributed by atoms with Crippen molar-refractivity contribution in [2.45, 2.75) is 18.9 Å². The molecule has 27 heavy (non-hydrogen) atoms. The standard InChI is InChI=1S/C22H29N3O2/c1-24(2)19-10-6-18(7-11-19)22(26)23-16-21(25-14-4-5-15-25)17-8-12-20(27-3)13-9-17/h6-13,21H,4-5,14-16H2,1-3H3,(H,23,26)/t21-/m0/s1. The first-order valence-electron chi connectivity index (χ1n) is 9.52. The quantitative estimate of drug-likeness (QED) is 0.815. The van der Waals surface area contributed by atoms with E-state index in [1.54, 1.807) is 7.11 Å². The van der Waals surface area contributed by atoms with Crippen LogP contribution in [0.2, 0.25) is 0 Å². The van der Waals surface area contributed by atoms with Crippen LogP contribution in [-0.4, -0.2) is 51.6 Å². The number of nitrogens with zero attached hydrogens (tertiary/aromatic N) is 2. The first-order valence-corrected chi connectivity index (χ1v) is 9.52. The van der Waals surface area contributed by atoms with E-state index in [0.717, 1.165) is 24.5 Å². The lowest BCUT2D eigenvalue weighted by Gasteiger charge is -2.28. The Morgan fingerprint density at radius 1 is 1.07 bits per heavy atom. The van der Waals surface area contributed by atoms with Gasteiger partial charge >= 0.3 is 0 Å². The van der Waals surface area contributed by atoms with E-state index in [-0.39, 0.29) is 11.9 Å². The van der Waals surface area contributed by atoms with Crippen LogP contribution in [0.1, 0.15) is 34.8 Å². The molecule has 1 amide bonds. The maximum atomic E-state index is 12.6. The number of nitrogens with one attached hydrogen (secondary N) is 1. The van der Waals surface area contributed by atoms with Crippen LogP contribution in [-0.2, 0) is 0 Å². The van der Waals surface area contributed by atoms with Crippen LogP contribution < -0.4 is 15.0 Å². The number of ether oxygens (including phenoxy) is 1. The number of methoxy groups -OCH3 is 1. The van der Waals surface area contributed by atoms with Gasteiger partial charge in [-0.15, -0.1) is 0 Å². The van der Waals surface area contributed by atoms with Gasteiger partial charge in [0.15, 0.2) is 0 Å². The van der Waals surface area contributed by atoms with Gasteiger partial charge < -0.3 is 15.0 Å². The smallest absolute Gasteiger partial charge is 0.251 e. The highest BCUT2D eigenvalue weighted by Gasteiger charge is 2.24. The molecule has 1 aliphatic heterocycles. The van der Waals surface area contributed by atoms with Crippen molar-refractivity contribution in [1.82, 2.24) is 10.2 Å². The van der Waals surface area contributed by atoms with Gasteiger partial charge in [0, 0.05) is 31.9 Å². The number of anilines is 1. The first kappa shape index (κ1) is 19.2. The normalized spacial score (nSPS) is 15.4. The number of hydrogen-bond acceptors (Lipinski definition) is 4. The lowest BCUT2D eigenvalue weighted by Crippen LogP contribution is -2.36. The van der Waals surface area contributed by atoms with E-state index < -0.39 is 0 Å². The number of benzene rings is 2. The van der Waals surface area contributed by atoms with Crippen LogP contribution in [0, 0.1) is 0 Å². The van der Waals surface area contributed by atoms with E-state index in [9.17, 15) is 4.79 Å². The van der Waals surface area contributed by atoms with E-state index in [4.69, 9.17) is 4.74 Å². The second-order valence-corrected chi connectivity index (χ2v) is 7.18. The number of likely N-dealkylation sites (tertiary alicyclic amines) is 1. The summed E-state index contributed by atoms with van der Waals surface area (Å²) in [6.07, 6.45) is 2.43. The zero-order chi connectivity index (χ0) is 19.2. The highest BCUT2D eigenvalue weighted by atomic mass is 16.5. The number of hydrogen-bond donors (Lipinski definition) is 1. The number of amides is 1. The van der Waals surface area contributed by atoms with E-state index in [1.165, 1.54) is 18.4 Å². The van der Waals surface area contributed by atoms with Crippen LogP contribution in [0.25, 0.3) is 0 Å². The Balaban J connectivity index is 1.69. The molecular weight excluding hydrogens is 338 g/mol. The van der Waals surface area contributed by atoms with Gasteiger partial charge in [0.05, 0.1) is 13.2 Å². The van der Waals surface area contributed by atoms with Gasteiger partial charge in [-0.05, 0) is 67.9 Å². The molecule has 0 spiro atoms. The molecule has 5 heteroatoms. The summed E-state index contributed by atoms with van der Waals surface area (Å²) in [6.45, 7) is 2.74. The summed E-state index contributed by atoms with van der Waals surface area (Å²) >= 11 is 0. The fraction of sp³-hybridized carbons (Fsp3) is 0.409. The average molecular weight is 367 g/mol. The van der Waals surface area contributed by atoms with Gasteiger partial charge in [-0.3, -0.25) is 9.69 Å². The number of carbonyl (C=O) groups is 1. The molecule has 1 saturated heterocycles. The molecule has 0 radical (unpaired) electrons. The third-order valence-corrected chi connectivity index (χ3v) is 5.18. The minimum Gasteiger partial charge on any atom is -0.497 e. The summed E-state index contributed by atoms with van der Waals surface area (Å²) in [5, 5.41) is 3.13. The number of carbonyl (C=O) groups excluding carboxylic acids is 1. The van der Waals surface area contributed by atoms with Gasteiger partial charge in [0.1, 0.15) is 5.75 Å². The van der Waals surface area contributed by atoms with Crippen LogP contribution in [0.3, 0.4) is 0 Å². The molecule has 0 bridgehead atoms. The van der Waals surface area contributed by atoms with E-state index in [1.807, 2.05) is 55.4 Å². The van der Waals surface area contributed by atoms with Crippen LogP contribution in [0.15, 0.2) is 48.5 Å². The molecule has 0 aliphatic carbocycles. The lowest BCUT2D eigenvalue weighted by molar-refractivity contribution is 0.0938. The summed E-state index contributed by atoms with van der Waals surface area (Å²) in [7, 11) is 5.66. The second kappa shape index (κ2) is 8.91. The summed E-state index contributed by atoms with van der Waals surface area (Å²) in [5.41, 5.74) is 2.98. The van der Waals surface area contributed by atoms with Crippen LogP contribution in [0.5, 0.6) is 5.75 Å². The Morgan fingerprint density at radius 3 is 2.26 bits per heavy atom. The van der Waals surface area contributed by atoms with Gasteiger partial charge in [-0.25, -0.2) is 0 Å². The van der Waals surface area contributed by atoms with Crippen LogP contribution >= 0.6 is 0 Å². The fourth-order valence-corrected chi connectivity index (χ4v) is 3.54. The highest BCUT2D eigenvalue weighted by Crippen LogP contribution is 2.26. The van der Waals surface area contributed by atoms with Crippen molar-refractivity contribution in [3.05, 3.63) is 59.7 Å². The monoisotopic (exact) mass is 367 g/mol. The topological polar surface area (TPSA) is 44.8 Å². The second-order valence-electron chi connectivity index (χ2n) is 7.18. The average Bonchev–Trinajstić information content (AvgIpc) is 3.23. The van der Waals surface area contributed by atoms with Gasteiger partial charge in [0.2, 0.25) is 0 Å². The van der Waals surface area contributed by atoms with Crippen molar-refractivity contribution in [3.8, 4) is 5.75 Å². The van der Waals surface area contributed by atoms with Crippen molar-refractivity contribution in [3.63, 3.8) is 0 Å². The largest absolute Gasteiger partial charge is 0.497 e.